The summed E-state index contributed by atoms with van der Waals surface area (Å²) in [7, 11) is -3.68. The molecule has 1 aliphatic carbocycles. The van der Waals surface area contributed by atoms with E-state index in [1.165, 1.54) is 24.9 Å². The number of benzene rings is 3. The lowest BCUT2D eigenvalue weighted by Crippen LogP contribution is -2.29. The Balaban J connectivity index is 1.36. The summed E-state index contributed by atoms with van der Waals surface area (Å²) in [6.45, 7) is 2.58. The SMILES string of the molecule is O=C1Nc2ccc(S(=O)(=O)NCC3CC3)cc2C1C(=Nc1ccc(N2CCCCC2)cc1)c1ccccc1. The van der Waals surface area contributed by atoms with Gasteiger partial charge in [0.2, 0.25) is 15.9 Å². The summed E-state index contributed by atoms with van der Waals surface area (Å²) in [5.41, 5.74) is 4.58. The predicted octanol–water partition coefficient (Wildman–Crippen LogP) is 5.22. The molecule has 1 amide bonds. The van der Waals surface area contributed by atoms with Crippen LogP contribution >= 0.6 is 0 Å². The lowest BCUT2D eigenvalue weighted by atomic mass is 9.90. The molecule has 0 radical (unpaired) electrons. The Hall–Kier alpha value is -3.49. The maximum absolute atomic E-state index is 13.3. The minimum absolute atomic E-state index is 0.164. The number of nitrogens with zero attached hydrogens (tertiary/aromatic N) is 2. The molecule has 38 heavy (non-hydrogen) atoms. The van der Waals surface area contributed by atoms with Crippen LogP contribution in [0.5, 0.6) is 0 Å². The molecule has 0 spiro atoms. The number of piperidine rings is 1. The monoisotopic (exact) mass is 528 g/mol. The van der Waals surface area contributed by atoms with Gasteiger partial charge in [0.05, 0.1) is 16.3 Å². The van der Waals surface area contributed by atoms with Crippen molar-refractivity contribution in [3.8, 4) is 0 Å². The van der Waals surface area contributed by atoms with E-state index in [2.05, 4.69) is 27.1 Å². The minimum atomic E-state index is -3.68. The van der Waals surface area contributed by atoms with E-state index in [9.17, 15) is 13.2 Å². The van der Waals surface area contributed by atoms with Gasteiger partial charge >= 0.3 is 0 Å². The van der Waals surface area contributed by atoms with E-state index in [1.54, 1.807) is 18.2 Å². The fraction of sp³-hybridized carbons (Fsp3) is 0.333. The van der Waals surface area contributed by atoms with Crippen molar-refractivity contribution in [3.63, 3.8) is 0 Å². The first-order chi connectivity index (χ1) is 18.5. The largest absolute Gasteiger partial charge is 0.372 e. The molecule has 2 fully saturated rings. The third-order valence-corrected chi connectivity index (χ3v) is 9.01. The lowest BCUT2D eigenvalue weighted by molar-refractivity contribution is -0.115. The summed E-state index contributed by atoms with van der Waals surface area (Å²) in [6.07, 6.45) is 5.82. The van der Waals surface area contributed by atoms with Crippen molar-refractivity contribution >= 4 is 38.7 Å². The van der Waals surface area contributed by atoms with Crippen molar-refractivity contribution in [2.45, 2.75) is 42.9 Å². The van der Waals surface area contributed by atoms with Crippen molar-refractivity contribution in [2.24, 2.45) is 10.9 Å². The van der Waals surface area contributed by atoms with Gasteiger partial charge in [-0.1, -0.05) is 30.3 Å². The van der Waals surface area contributed by atoms with E-state index < -0.39 is 15.9 Å². The number of hydrogen-bond acceptors (Lipinski definition) is 5. The zero-order valence-corrected chi connectivity index (χ0v) is 22.1. The van der Waals surface area contributed by atoms with Gasteiger partial charge in [-0.15, -0.1) is 0 Å². The molecule has 1 saturated carbocycles. The normalized spacial score (nSPS) is 19.8. The Morgan fingerprint density at radius 3 is 2.39 bits per heavy atom. The molecule has 0 aromatic heterocycles. The molecular weight excluding hydrogens is 496 g/mol. The third-order valence-electron chi connectivity index (χ3n) is 7.59. The molecule has 2 heterocycles. The number of anilines is 2. The van der Waals surface area contributed by atoms with Crippen LogP contribution in [0.3, 0.4) is 0 Å². The second kappa shape index (κ2) is 10.3. The van der Waals surface area contributed by atoms with Gasteiger partial charge in [-0.2, -0.15) is 0 Å². The van der Waals surface area contributed by atoms with Crippen LogP contribution in [-0.2, 0) is 14.8 Å². The predicted molar refractivity (Wildman–Crippen MR) is 151 cm³/mol. The Morgan fingerprint density at radius 1 is 0.947 bits per heavy atom. The molecule has 3 aromatic rings. The highest BCUT2D eigenvalue weighted by atomic mass is 32.2. The molecule has 1 saturated heterocycles. The molecule has 2 N–H and O–H groups in total. The van der Waals surface area contributed by atoms with E-state index in [0.717, 1.165) is 37.2 Å². The summed E-state index contributed by atoms with van der Waals surface area (Å²) in [5.74, 6) is -0.519. The van der Waals surface area contributed by atoms with Crippen molar-refractivity contribution in [3.05, 3.63) is 83.9 Å². The Bertz CT molecular complexity index is 1460. The number of rotatable bonds is 8. The number of hydrogen-bond donors (Lipinski definition) is 2. The zero-order chi connectivity index (χ0) is 26.1. The van der Waals surface area contributed by atoms with Gasteiger partial charge in [0.1, 0.15) is 5.92 Å². The molecule has 1 unspecified atom stereocenters. The van der Waals surface area contributed by atoms with E-state index >= 15 is 0 Å². The Kier molecular flexibility index (Phi) is 6.76. The van der Waals surface area contributed by atoms with Crippen LogP contribution < -0.4 is 14.9 Å². The number of nitrogens with one attached hydrogen (secondary N) is 2. The van der Waals surface area contributed by atoms with Crippen LogP contribution in [0, 0.1) is 5.92 Å². The van der Waals surface area contributed by atoms with Crippen molar-refractivity contribution < 1.29 is 13.2 Å². The highest BCUT2D eigenvalue weighted by molar-refractivity contribution is 7.89. The standard InChI is InChI=1S/C30H32N4O3S/c35-30-28(26-19-25(15-16-27(26)33-30)38(36,37)31-20-21-9-10-21)29(22-7-3-1-4-8-22)32-23-11-13-24(14-12-23)34-17-5-2-6-18-34/h1,3-4,7-8,11-16,19,21,28,31H,2,5-6,9-10,17-18,20H2,(H,33,35). The van der Waals surface area contributed by atoms with Crippen molar-refractivity contribution in [1.29, 1.82) is 0 Å². The van der Waals surface area contributed by atoms with Gasteiger partial charge < -0.3 is 10.2 Å². The van der Waals surface area contributed by atoms with Crippen LogP contribution in [0.15, 0.2) is 82.7 Å². The highest BCUT2D eigenvalue weighted by Crippen LogP contribution is 2.38. The smallest absolute Gasteiger partial charge is 0.240 e. The molecule has 3 aromatic carbocycles. The number of sulfonamides is 1. The molecule has 6 rings (SSSR count). The quantitative estimate of drug-likeness (QED) is 0.392. The number of carbonyl (C=O) groups excluding carboxylic acids is 1. The Labute approximate surface area is 224 Å². The van der Waals surface area contributed by atoms with Crippen LogP contribution in [0.1, 0.15) is 49.1 Å². The molecule has 0 bridgehead atoms. The number of amides is 1. The highest BCUT2D eigenvalue weighted by Gasteiger charge is 2.36. The van der Waals surface area contributed by atoms with Crippen LogP contribution in [0.25, 0.3) is 0 Å². The molecule has 2 aliphatic heterocycles. The molecular formula is C30H32N4O3S. The van der Waals surface area contributed by atoms with E-state index in [0.29, 0.717) is 29.4 Å². The first kappa shape index (κ1) is 24.8. The summed E-state index contributed by atoms with van der Waals surface area (Å²) >= 11 is 0. The van der Waals surface area contributed by atoms with Crippen LogP contribution in [0.2, 0.25) is 0 Å². The molecule has 3 aliphatic rings. The van der Waals surface area contributed by atoms with Crippen LogP contribution in [0.4, 0.5) is 17.1 Å². The van der Waals surface area contributed by atoms with E-state index in [1.807, 2.05) is 42.5 Å². The van der Waals surface area contributed by atoms with Crippen molar-refractivity contribution in [1.82, 2.24) is 4.72 Å². The van der Waals surface area contributed by atoms with E-state index in [4.69, 9.17) is 4.99 Å². The Morgan fingerprint density at radius 2 is 1.68 bits per heavy atom. The average Bonchev–Trinajstić information content (AvgIpc) is 3.73. The number of fused-ring (bicyclic) bond motifs is 1. The van der Waals surface area contributed by atoms with E-state index in [-0.39, 0.29) is 10.8 Å². The maximum atomic E-state index is 13.3. The van der Waals surface area contributed by atoms with Crippen molar-refractivity contribution in [2.75, 3.05) is 29.9 Å². The molecule has 8 heteroatoms. The average molecular weight is 529 g/mol. The second-order valence-corrected chi connectivity index (χ2v) is 12.2. The second-order valence-electron chi connectivity index (χ2n) is 10.4. The first-order valence-corrected chi connectivity index (χ1v) is 14.9. The summed E-state index contributed by atoms with van der Waals surface area (Å²) in [4.78, 5) is 20.9. The van der Waals surface area contributed by atoms with Gasteiger partial charge in [0.15, 0.2) is 0 Å². The number of aliphatic imine (C=N–C) groups is 1. The third kappa shape index (κ3) is 5.24. The summed E-state index contributed by atoms with van der Waals surface area (Å²) < 4.78 is 28.7. The molecule has 196 valence electrons. The zero-order valence-electron chi connectivity index (χ0n) is 21.3. The topological polar surface area (TPSA) is 90.9 Å². The van der Waals surface area contributed by atoms with Gasteiger partial charge in [-0.25, -0.2) is 13.1 Å². The van der Waals surface area contributed by atoms with Gasteiger partial charge in [0.25, 0.3) is 0 Å². The number of carbonyl (C=O) groups is 1. The minimum Gasteiger partial charge on any atom is -0.372 e. The molecule has 7 nitrogen and oxygen atoms in total. The fourth-order valence-electron chi connectivity index (χ4n) is 5.24. The molecule has 1 atom stereocenters. The maximum Gasteiger partial charge on any atom is 0.240 e. The van der Waals surface area contributed by atoms with Gasteiger partial charge in [0, 0.05) is 31.0 Å². The fourth-order valence-corrected chi connectivity index (χ4v) is 6.40. The van der Waals surface area contributed by atoms with Gasteiger partial charge in [-0.05, 0) is 91.6 Å². The first-order valence-electron chi connectivity index (χ1n) is 13.4. The van der Waals surface area contributed by atoms with Gasteiger partial charge in [-0.3, -0.25) is 9.79 Å². The van der Waals surface area contributed by atoms with Crippen LogP contribution in [-0.4, -0.2) is 39.7 Å². The summed E-state index contributed by atoms with van der Waals surface area (Å²) in [5, 5.41) is 2.93. The summed E-state index contributed by atoms with van der Waals surface area (Å²) in [6, 6.07) is 22.6. The lowest BCUT2D eigenvalue weighted by Gasteiger charge is -2.28.